The SMILES string of the molecule is O=C(O)[C@@H](CO)NCc1cc([N+](=O)[O-])c(OCc2cccc(-c3ccccc3)c2Cl)cc1OCc1ccc2nonc2c1. The van der Waals surface area contributed by atoms with Gasteiger partial charge in [0.25, 0.3) is 0 Å². The molecular formula is C30H25ClN4O8. The number of halogens is 1. The molecule has 0 aliphatic rings. The number of aliphatic carboxylic acids is 1. The van der Waals surface area contributed by atoms with Crippen molar-refractivity contribution in [1.82, 2.24) is 15.6 Å². The van der Waals surface area contributed by atoms with Gasteiger partial charge in [0.2, 0.25) is 5.75 Å². The molecule has 43 heavy (non-hydrogen) atoms. The number of nitrogens with zero attached hydrogens (tertiary/aromatic N) is 3. The zero-order valence-corrected chi connectivity index (χ0v) is 23.2. The van der Waals surface area contributed by atoms with Gasteiger partial charge in [-0.1, -0.05) is 66.2 Å². The largest absolute Gasteiger partial charge is 0.488 e. The summed E-state index contributed by atoms with van der Waals surface area (Å²) in [5.74, 6) is -1.14. The number of hydrogen-bond donors (Lipinski definition) is 3. The van der Waals surface area contributed by atoms with Gasteiger partial charge < -0.3 is 19.7 Å². The normalized spacial score (nSPS) is 11.8. The van der Waals surface area contributed by atoms with E-state index in [1.165, 1.54) is 12.1 Å². The van der Waals surface area contributed by atoms with Crippen molar-refractivity contribution in [2.75, 3.05) is 6.61 Å². The highest BCUT2D eigenvalue weighted by Crippen LogP contribution is 2.37. The van der Waals surface area contributed by atoms with Gasteiger partial charge in [0.15, 0.2) is 0 Å². The van der Waals surface area contributed by atoms with E-state index in [0.717, 1.165) is 11.1 Å². The maximum atomic E-state index is 12.1. The zero-order valence-electron chi connectivity index (χ0n) is 22.5. The Morgan fingerprint density at radius 3 is 2.47 bits per heavy atom. The van der Waals surface area contributed by atoms with E-state index in [2.05, 4.69) is 15.6 Å². The summed E-state index contributed by atoms with van der Waals surface area (Å²) < 4.78 is 16.7. The molecular weight excluding hydrogens is 580 g/mol. The Balaban J connectivity index is 1.44. The highest BCUT2D eigenvalue weighted by atomic mass is 35.5. The van der Waals surface area contributed by atoms with Crippen LogP contribution in [0.1, 0.15) is 16.7 Å². The molecule has 4 aromatic carbocycles. The lowest BCUT2D eigenvalue weighted by molar-refractivity contribution is -0.386. The first-order valence-electron chi connectivity index (χ1n) is 13.0. The molecule has 1 atom stereocenters. The topological polar surface area (TPSA) is 170 Å². The summed E-state index contributed by atoms with van der Waals surface area (Å²) in [6.07, 6.45) is 0. The van der Waals surface area contributed by atoms with E-state index in [4.69, 9.17) is 25.7 Å². The van der Waals surface area contributed by atoms with E-state index < -0.39 is 23.5 Å². The molecule has 0 amide bonds. The molecule has 0 fully saturated rings. The first kappa shape index (κ1) is 29.5. The van der Waals surface area contributed by atoms with Crippen molar-refractivity contribution in [2.24, 2.45) is 0 Å². The van der Waals surface area contributed by atoms with E-state index in [9.17, 15) is 25.1 Å². The molecule has 5 aromatic rings. The summed E-state index contributed by atoms with van der Waals surface area (Å²) in [6.45, 7) is -0.853. The summed E-state index contributed by atoms with van der Waals surface area (Å²) in [6, 6.07) is 21.6. The molecule has 0 aliphatic heterocycles. The smallest absolute Gasteiger partial charge is 0.323 e. The molecule has 5 rings (SSSR count). The summed E-state index contributed by atoms with van der Waals surface area (Å²) in [5.41, 5.74) is 4.06. The molecule has 1 aromatic heterocycles. The lowest BCUT2D eigenvalue weighted by atomic mass is 10.0. The third kappa shape index (κ3) is 6.89. The van der Waals surface area contributed by atoms with Crippen molar-refractivity contribution in [3.05, 3.63) is 111 Å². The van der Waals surface area contributed by atoms with Crippen LogP contribution in [0.3, 0.4) is 0 Å². The summed E-state index contributed by atoms with van der Waals surface area (Å²) in [4.78, 5) is 22.9. The van der Waals surface area contributed by atoms with Gasteiger partial charge in [-0.3, -0.25) is 20.2 Å². The van der Waals surface area contributed by atoms with Crippen molar-refractivity contribution in [3.8, 4) is 22.6 Å². The van der Waals surface area contributed by atoms with Gasteiger partial charge in [0, 0.05) is 35.4 Å². The molecule has 13 heteroatoms. The Labute approximate surface area is 249 Å². The van der Waals surface area contributed by atoms with Crippen LogP contribution in [0.25, 0.3) is 22.2 Å². The molecule has 1 heterocycles. The highest BCUT2D eigenvalue weighted by molar-refractivity contribution is 6.34. The molecule has 3 N–H and O–H groups in total. The van der Waals surface area contributed by atoms with Gasteiger partial charge in [0.1, 0.15) is 36.0 Å². The number of carboxylic acids is 1. The standard InChI is InChI=1S/C30H25ClN4O8/c31-29-20(7-4-8-22(29)19-5-2-1-3-6-19)17-42-28-13-27(41-16-18-9-10-23-24(11-18)34-43-33-23)21(12-26(28)35(39)40)14-32-25(15-36)30(37)38/h1-13,25,32,36H,14-17H2,(H,37,38)/t25-/m1/s1. The fourth-order valence-corrected chi connectivity index (χ4v) is 4.64. The van der Waals surface area contributed by atoms with Crippen LogP contribution in [-0.2, 0) is 24.6 Å². The van der Waals surface area contributed by atoms with Gasteiger partial charge >= 0.3 is 11.7 Å². The van der Waals surface area contributed by atoms with Gasteiger partial charge in [0.05, 0.1) is 16.6 Å². The third-order valence-corrected chi connectivity index (χ3v) is 7.06. The first-order valence-corrected chi connectivity index (χ1v) is 13.4. The van der Waals surface area contributed by atoms with E-state index in [1.807, 2.05) is 42.5 Å². The number of aromatic nitrogens is 2. The second-order valence-corrected chi connectivity index (χ2v) is 9.83. The molecule has 0 spiro atoms. The van der Waals surface area contributed by atoms with Crippen LogP contribution in [-0.4, -0.2) is 44.1 Å². The van der Waals surface area contributed by atoms with Crippen LogP contribution in [0, 0.1) is 10.1 Å². The third-order valence-electron chi connectivity index (χ3n) is 6.62. The van der Waals surface area contributed by atoms with Crippen LogP contribution in [0.4, 0.5) is 5.69 Å². The molecule has 0 bridgehead atoms. The number of rotatable bonds is 13. The van der Waals surface area contributed by atoms with Crippen molar-refractivity contribution in [2.45, 2.75) is 25.8 Å². The minimum absolute atomic E-state index is 0.0420. The molecule has 0 aliphatic carbocycles. The number of aliphatic hydroxyl groups is 1. The van der Waals surface area contributed by atoms with Crippen LogP contribution in [0.15, 0.2) is 83.5 Å². The Morgan fingerprint density at radius 2 is 1.72 bits per heavy atom. The predicted octanol–water partition coefficient (Wildman–Crippen LogP) is 5.14. The number of nitro benzene ring substituents is 1. The first-order chi connectivity index (χ1) is 20.8. The quantitative estimate of drug-likeness (QED) is 0.120. The predicted molar refractivity (Wildman–Crippen MR) is 156 cm³/mol. The lowest BCUT2D eigenvalue weighted by Gasteiger charge is -2.17. The van der Waals surface area contributed by atoms with Crippen molar-refractivity contribution < 1.29 is 34.0 Å². The maximum Gasteiger partial charge on any atom is 0.323 e. The Morgan fingerprint density at radius 1 is 0.953 bits per heavy atom. The Bertz CT molecular complexity index is 1760. The Hall–Kier alpha value is -5.04. The maximum absolute atomic E-state index is 12.1. The average molecular weight is 605 g/mol. The summed E-state index contributed by atoms with van der Waals surface area (Å²) in [5, 5.41) is 41.5. The van der Waals surface area contributed by atoms with E-state index >= 15 is 0 Å². The van der Waals surface area contributed by atoms with Gasteiger partial charge in [-0.05, 0) is 33.6 Å². The van der Waals surface area contributed by atoms with Gasteiger partial charge in [-0.15, -0.1) is 0 Å². The number of hydrogen-bond acceptors (Lipinski definition) is 10. The number of fused-ring (bicyclic) bond motifs is 1. The number of carboxylic acid groups (broad SMARTS) is 1. The number of aliphatic hydroxyl groups excluding tert-OH is 1. The molecule has 12 nitrogen and oxygen atoms in total. The number of carbonyl (C=O) groups is 1. The van der Waals surface area contributed by atoms with Gasteiger partial charge in [-0.25, -0.2) is 4.63 Å². The minimum atomic E-state index is -1.29. The number of nitrogens with one attached hydrogen (secondary N) is 1. The highest BCUT2D eigenvalue weighted by Gasteiger charge is 2.23. The Kier molecular flexibility index (Phi) is 9.11. The summed E-state index contributed by atoms with van der Waals surface area (Å²) in [7, 11) is 0. The van der Waals surface area contributed by atoms with Crippen molar-refractivity contribution in [1.29, 1.82) is 0 Å². The zero-order chi connectivity index (χ0) is 30.3. The van der Waals surface area contributed by atoms with E-state index in [0.29, 0.717) is 27.2 Å². The van der Waals surface area contributed by atoms with Crippen molar-refractivity contribution in [3.63, 3.8) is 0 Å². The van der Waals surface area contributed by atoms with E-state index in [1.54, 1.807) is 24.3 Å². The molecule has 0 saturated heterocycles. The molecule has 220 valence electrons. The number of ether oxygens (including phenoxy) is 2. The molecule has 0 saturated carbocycles. The fraction of sp³-hybridized carbons (Fsp3) is 0.167. The van der Waals surface area contributed by atoms with Crippen molar-refractivity contribution >= 4 is 34.3 Å². The fourth-order valence-electron chi connectivity index (χ4n) is 4.35. The number of benzene rings is 4. The van der Waals surface area contributed by atoms with E-state index in [-0.39, 0.29) is 42.5 Å². The second-order valence-electron chi connectivity index (χ2n) is 9.45. The second kappa shape index (κ2) is 13.3. The monoisotopic (exact) mass is 604 g/mol. The van der Waals surface area contributed by atoms with Crippen LogP contribution < -0.4 is 14.8 Å². The van der Waals surface area contributed by atoms with Crippen LogP contribution in [0.2, 0.25) is 5.02 Å². The summed E-state index contributed by atoms with van der Waals surface area (Å²) >= 11 is 6.70. The van der Waals surface area contributed by atoms with Crippen LogP contribution in [0.5, 0.6) is 11.5 Å². The molecule has 0 unspecified atom stereocenters. The average Bonchev–Trinajstić information content (AvgIpc) is 3.48. The minimum Gasteiger partial charge on any atom is -0.488 e. The van der Waals surface area contributed by atoms with Crippen LogP contribution >= 0.6 is 11.6 Å². The molecule has 0 radical (unpaired) electrons. The van der Waals surface area contributed by atoms with Gasteiger partial charge in [-0.2, -0.15) is 0 Å². The lowest BCUT2D eigenvalue weighted by Crippen LogP contribution is -2.39. The number of nitro groups is 1.